The van der Waals surface area contributed by atoms with Crippen molar-refractivity contribution in [2.45, 2.75) is 32.2 Å². The van der Waals surface area contributed by atoms with Crippen LogP contribution in [0.1, 0.15) is 26.7 Å². The maximum atomic E-state index is 12.9. The fraction of sp³-hybridized carbons (Fsp3) is 0.500. The van der Waals surface area contributed by atoms with Gasteiger partial charge in [0.15, 0.2) is 0 Å². The molecule has 0 aliphatic heterocycles. The van der Waals surface area contributed by atoms with Gasteiger partial charge in [0.2, 0.25) is 0 Å². The first-order valence-corrected chi connectivity index (χ1v) is 6.14. The molecule has 1 atom stereocenters. The Morgan fingerprint density at radius 1 is 1.50 bits per heavy atom. The molecule has 1 unspecified atom stereocenters. The highest BCUT2D eigenvalue weighted by Crippen LogP contribution is 2.14. The summed E-state index contributed by atoms with van der Waals surface area (Å²) in [6, 6.07) is 8.33. The van der Waals surface area contributed by atoms with E-state index in [1.54, 1.807) is 12.1 Å². The van der Waals surface area contributed by atoms with Crippen LogP contribution in [0.3, 0.4) is 0 Å². The van der Waals surface area contributed by atoms with Gasteiger partial charge < -0.3 is 4.74 Å². The number of ether oxygens (including phenoxy) is 1. The maximum Gasteiger partial charge on any atom is 0.126 e. The lowest BCUT2D eigenvalue weighted by Gasteiger charge is -2.22. The van der Waals surface area contributed by atoms with Crippen LogP contribution in [0.2, 0.25) is 0 Å². The minimum absolute atomic E-state index is 0.304. The van der Waals surface area contributed by atoms with Crippen LogP contribution in [-0.2, 0) is 0 Å². The van der Waals surface area contributed by atoms with Crippen LogP contribution in [0.25, 0.3) is 0 Å². The van der Waals surface area contributed by atoms with Gasteiger partial charge in [0.1, 0.15) is 17.1 Å². The van der Waals surface area contributed by atoms with Crippen molar-refractivity contribution in [2.24, 2.45) is 0 Å². The third-order valence-electron chi connectivity index (χ3n) is 2.70. The fourth-order valence-corrected chi connectivity index (χ4v) is 1.75. The Morgan fingerprint density at radius 3 is 2.89 bits per heavy atom. The summed E-state index contributed by atoms with van der Waals surface area (Å²) in [7, 11) is 0. The molecule has 3 nitrogen and oxygen atoms in total. The van der Waals surface area contributed by atoms with E-state index in [2.05, 4.69) is 11.4 Å². The van der Waals surface area contributed by atoms with Gasteiger partial charge in [-0.1, -0.05) is 13.0 Å². The molecule has 0 aliphatic carbocycles. The highest BCUT2D eigenvalue weighted by atomic mass is 19.1. The standard InChI is InChI=1S/C14H19FN2O/c1-3-17-14(2,11-16)8-5-9-18-13-7-4-6-12(15)10-13/h4,6-7,10,17H,3,5,8-9H2,1-2H3. The predicted octanol–water partition coefficient (Wildman–Crippen LogP) is 2.88. The third kappa shape index (κ3) is 4.72. The molecule has 0 bridgehead atoms. The molecule has 0 radical (unpaired) electrons. The summed E-state index contributed by atoms with van der Waals surface area (Å²) in [5, 5.41) is 12.2. The molecular weight excluding hydrogens is 231 g/mol. The molecule has 0 amide bonds. The molecular formula is C14H19FN2O. The first kappa shape index (κ1) is 14.5. The molecule has 98 valence electrons. The van der Waals surface area contributed by atoms with E-state index < -0.39 is 5.54 Å². The summed E-state index contributed by atoms with van der Waals surface area (Å²) < 4.78 is 18.3. The molecule has 1 N–H and O–H groups in total. The zero-order valence-corrected chi connectivity index (χ0v) is 10.9. The molecule has 0 aliphatic rings. The van der Waals surface area contributed by atoms with Crippen molar-refractivity contribution < 1.29 is 9.13 Å². The van der Waals surface area contributed by atoms with Crippen molar-refractivity contribution in [3.05, 3.63) is 30.1 Å². The van der Waals surface area contributed by atoms with E-state index in [1.165, 1.54) is 12.1 Å². The summed E-state index contributed by atoms with van der Waals surface area (Å²) in [5.41, 5.74) is -0.514. The summed E-state index contributed by atoms with van der Waals surface area (Å²) >= 11 is 0. The van der Waals surface area contributed by atoms with Crippen LogP contribution in [0.5, 0.6) is 5.75 Å². The Hall–Kier alpha value is -1.60. The third-order valence-corrected chi connectivity index (χ3v) is 2.70. The van der Waals surface area contributed by atoms with Crippen molar-refractivity contribution in [1.82, 2.24) is 5.32 Å². The first-order valence-electron chi connectivity index (χ1n) is 6.14. The number of halogens is 1. The van der Waals surface area contributed by atoms with Crippen LogP contribution in [0.4, 0.5) is 4.39 Å². The van der Waals surface area contributed by atoms with Gasteiger partial charge in [0.05, 0.1) is 12.7 Å². The maximum absolute atomic E-state index is 12.9. The van der Waals surface area contributed by atoms with E-state index in [0.29, 0.717) is 18.8 Å². The molecule has 0 spiro atoms. The first-order chi connectivity index (χ1) is 8.59. The van der Waals surface area contributed by atoms with E-state index in [-0.39, 0.29) is 5.82 Å². The second-order valence-electron chi connectivity index (χ2n) is 4.38. The largest absolute Gasteiger partial charge is 0.493 e. The summed E-state index contributed by atoms with van der Waals surface area (Å²) in [6.45, 7) is 5.08. The molecule has 0 heterocycles. The van der Waals surface area contributed by atoms with Gasteiger partial charge in [-0.25, -0.2) is 4.39 Å². The Bertz CT molecular complexity index is 417. The molecule has 0 aromatic heterocycles. The predicted molar refractivity (Wildman–Crippen MR) is 68.8 cm³/mol. The van der Waals surface area contributed by atoms with Crippen molar-refractivity contribution in [2.75, 3.05) is 13.2 Å². The van der Waals surface area contributed by atoms with Gasteiger partial charge in [-0.05, 0) is 38.4 Å². The van der Waals surface area contributed by atoms with Crippen molar-refractivity contribution in [1.29, 1.82) is 5.26 Å². The number of hydrogen-bond donors (Lipinski definition) is 1. The Kier molecular flexibility index (Phi) is 5.60. The van der Waals surface area contributed by atoms with E-state index >= 15 is 0 Å². The summed E-state index contributed by atoms with van der Waals surface area (Å²) in [5.74, 6) is 0.221. The average Bonchev–Trinajstić information content (AvgIpc) is 2.35. The molecule has 4 heteroatoms. The normalized spacial score (nSPS) is 13.7. The van der Waals surface area contributed by atoms with Crippen LogP contribution in [-0.4, -0.2) is 18.7 Å². The Balaban J connectivity index is 2.32. The fourth-order valence-electron chi connectivity index (χ4n) is 1.75. The van der Waals surface area contributed by atoms with Gasteiger partial charge in [0, 0.05) is 6.07 Å². The zero-order chi connectivity index (χ0) is 13.4. The Morgan fingerprint density at radius 2 is 2.28 bits per heavy atom. The summed E-state index contributed by atoms with van der Waals surface area (Å²) in [4.78, 5) is 0. The summed E-state index contributed by atoms with van der Waals surface area (Å²) in [6.07, 6.45) is 1.44. The van der Waals surface area contributed by atoms with Crippen molar-refractivity contribution in [3.63, 3.8) is 0 Å². The smallest absolute Gasteiger partial charge is 0.126 e. The molecule has 18 heavy (non-hydrogen) atoms. The quantitative estimate of drug-likeness (QED) is 0.757. The molecule has 1 rings (SSSR count). The van der Waals surface area contributed by atoms with Gasteiger partial charge >= 0.3 is 0 Å². The van der Waals surface area contributed by atoms with Crippen molar-refractivity contribution >= 4 is 0 Å². The molecule has 1 aromatic carbocycles. The SMILES string of the molecule is CCNC(C)(C#N)CCCOc1cccc(F)c1. The number of rotatable bonds is 7. The molecule has 0 saturated carbocycles. The van der Waals surface area contributed by atoms with Crippen LogP contribution in [0.15, 0.2) is 24.3 Å². The highest BCUT2D eigenvalue weighted by molar-refractivity contribution is 5.22. The number of benzene rings is 1. The molecule has 1 aromatic rings. The van der Waals surface area contributed by atoms with E-state index in [4.69, 9.17) is 10.00 Å². The van der Waals surface area contributed by atoms with Gasteiger partial charge in [-0.3, -0.25) is 5.32 Å². The topological polar surface area (TPSA) is 45.0 Å². The zero-order valence-electron chi connectivity index (χ0n) is 10.9. The van der Waals surface area contributed by atoms with Crippen molar-refractivity contribution in [3.8, 4) is 11.8 Å². The van der Waals surface area contributed by atoms with Gasteiger partial charge in [-0.15, -0.1) is 0 Å². The second-order valence-corrected chi connectivity index (χ2v) is 4.38. The minimum Gasteiger partial charge on any atom is -0.493 e. The monoisotopic (exact) mass is 250 g/mol. The lowest BCUT2D eigenvalue weighted by Crippen LogP contribution is -2.40. The van der Waals surface area contributed by atoms with E-state index in [0.717, 1.165) is 13.0 Å². The second kappa shape index (κ2) is 6.97. The van der Waals surface area contributed by atoms with Gasteiger partial charge in [0.25, 0.3) is 0 Å². The average molecular weight is 250 g/mol. The van der Waals surface area contributed by atoms with E-state index in [9.17, 15) is 4.39 Å². The Labute approximate surface area is 108 Å². The van der Waals surface area contributed by atoms with Gasteiger partial charge in [-0.2, -0.15) is 5.26 Å². The minimum atomic E-state index is -0.514. The lowest BCUT2D eigenvalue weighted by molar-refractivity contribution is 0.285. The van der Waals surface area contributed by atoms with E-state index in [1.807, 2.05) is 13.8 Å². The van der Waals surface area contributed by atoms with Crippen LogP contribution in [0, 0.1) is 17.1 Å². The van der Waals surface area contributed by atoms with Crippen LogP contribution < -0.4 is 10.1 Å². The number of hydrogen-bond acceptors (Lipinski definition) is 3. The highest BCUT2D eigenvalue weighted by Gasteiger charge is 2.21. The molecule has 0 fully saturated rings. The molecule has 0 saturated heterocycles. The number of nitriles is 1. The number of nitrogens with one attached hydrogen (secondary N) is 1. The van der Waals surface area contributed by atoms with Crippen LogP contribution >= 0.6 is 0 Å². The lowest BCUT2D eigenvalue weighted by atomic mass is 9.98. The number of nitrogens with zero attached hydrogens (tertiary/aromatic N) is 1.